The molecule has 1 aromatic heterocycles. The van der Waals surface area contributed by atoms with Gasteiger partial charge in [-0.3, -0.25) is 4.99 Å². The van der Waals surface area contributed by atoms with Crippen molar-refractivity contribution in [3.05, 3.63) is 54.6 Å². The lowest BCUT2D eigenvalue weighted by molar-refractivity contribution is 0.320. The van der Waals surface area contributed by atoms with Gasteiger partial charge in [0, 0.05) is 31.5 Å². The molecule has 5 nitrogen and oxygen atoms in total. The van der Waals surface area contributed by atoms with E-state index in [4.69, 9.17) is 4.74 Å². The normalized spacial score (nSPS) is 11.3. The summed E-state index contributed by atoms with van der Waals surface area (Å²) in [6.07, 6.45) is 4.03. The van der Waals surface area contributed by atoms with Crippen LogP contribution in [0.2, 0.25) is 0 Å². The van der Waals surface area contributed by atoms with Gasteiger partial charge in [0.2, 0.25) is 0 Å². The summed E-state index contributed by atoms with van der Waals surface area (Å²) in [5.74, 6) is 0.985. The van der Waals surface area contributed by atoms with Gasteiger partial charge < -0.3 is 19.9 Å². The predicted molar refractivity (Wildman–Crippen MR) is 90.3 cm³/mol. The maximum Gasteiger partial charge on any atom is 0.191 e. The van der Waals surface area contributed by atoms with Crippen LogP contribution in [-0.4, -0.2) is 36.8 Å². The summed E-state index contributed by atoms with van der Waals surface area (Å²) in [4.78, 5) is 4.51. The van der Waals surface area contributed by atoms with E-state index in [2.05, 4.69) is 20.2 Å². The third-order valence-corrected chi connectivity index (χ3v) is 3.10. The Labute approximate surface area is 136 Å². The highest BCUT2D eigenvalue weighted by Gasteiger charge is 1.99. The predicted octanol–water partition coefficient (Wildman–Crippen LogP) is 2.26. The Kier molecular flexibility index (Phi) is 6.97. The van der Waals surface area contributed by atoms with Crippen LogP contribution in [0.1, 0.15) is 6.92 Å². The monoisotopic (exact) mass is 318 g/mol. The third-order valence-electron chi connectivity index (χ3n) is 3.10. The molecule has 23 heavy (non-hydrogen) atoms. The van der Waals surface area contributed by atoms with Gasteiger partial charge in [0.1, 0.15) is 18.2 Å². The second-order valence-electron chi connectivity index (χ2n) is 4.91. The first-order valence-electron chi connectivity index (χ1n) is 7.79. The van der Waals surface area contributed by atoms with E-state index in [1.54, 1.807) is 12.1 Å². The molecule has 0 bridgehead atoms. The highest BCUT2D eigenvalue weighted by atomic mass is 19.1. The maximum absolute atomic E-state index is 13.0. The zero-order valence-electron chi connectivity index (χ0n) is 13.3. The first-order chi connectivity index (χ1) is 11.3. The number of hydrogen-bond donors (Lipinski definition) is 2. The highest BCUT2D eigenvalue weighted by molar-refractivity contribution is 5.79. The second kappa shape index (κ2) is 9.50. The van der Waals surface area contributed by atoms with Crippen molar-refractivity contribution in [1.82, 2.24) is 15.2 Å². The number of aliphatic imine (C=N–C) groups is 1. The minimum Gasteiger partial charge on any atom is -0.492 e. The number of halogens is 1. The molecule has 2 rings (SSSR count). The fourth-order valence-electron chi connectivity index (χ4n) is 2.03. The van der Waals surface area contributed by atoms with Crippen LogP contribution < -0.4 is 15.4 Å². The van der Waals surface area contributed by atoms with Gasteiger partial charge in [0.05, 0.1) is 13.1 Å². The van der Waals surface area contributed by atoms with Gasteiger partial charge >= 0.3 is 0 Å². The minimum absolute atomic E-state index is 0.296. The van der Waals surface area contributed by atoms with Gasteiger partial charge in [-0.1, -0.05) is 6.07 Å². The van der Waals surface area contributed by atoms with Crippen molar-refractivity contribution in [3.63, 3.8) is 0 Å². The average Bonchev–Trinajstić information content (AvgIpc) is 3.05. The number of ether oxygens (including phenoxy) is 1. The van der Waals surface area contributed by atoms with Crippen LogP contribution in [0, 0.1) is 5.82 Å². The van der Waals surface area contributed by atoms with E-state index in [9.17, 15) is 4.39 Å². The summed E-state index contributed by atoms with van der Waals surface area (Å²) < 4.78 is 20.6. The SMILES string of the molecule is CCNC(=NCCn1cccc1)NCCOc1cccc(F)c1. The minimum atomic E-state index is -0.296. The van der Waals surface area contributed by atoms with Gasteiger partial charge in [0.25, 0.3) is 0 Å². The van der Waals surface area contributed by atoms with Crippen molar-refractivity contribution < 1.29 is 9.13 Å². The van der Waals surface area contributed by atoms with E-state index in [1.807, 2.05) is 31.5 Å². The zero-order chi connectivity index (χ0) is 16.3. The van der Waals surface area contributed by atoms with Crippen molar-refractivity contribution in [2.45, 2.75) is 13.5 Å². The van der Waals surface area contributed by atoms with Crippen molar-refractivity contribution in [2.24, 2.45) is 4.99 Å². The number of nitrogens with zero attached hydrogens (tertiary/aromatic N) is 2. The van der Waals surface area contributed by atoms with Crippen LogP contribution in [0.15, 0.2) is 53.8 Å². The quantitative estimate of drug-likeness (QED) is 0.446. The number of benzene rings is 1. The van der Waals surface area contributed by atoms with E-state index >= 15 is 0 Å². The van der Waals surface area contributed by atoms with Crippen molar-refractivity contribution >= 4 is 5.96 Å². The summed E-state index contributed by atoms with van der Waals surface area (Å²) >= 11 is 0. The second-order valence-corrected chi connectivity index (χ2v) is 4.91. The smallest absolute Gasteiger partial charge is 0.191 e. The fourth-order valence-corrected chi connectivity index (χ4v) is 2.03. The molecule has 0 aliphatic rings. The van der Waals surface area contributed by atoms with Crippen LogP contribution in [0.25, 0.3) is 0 Å². The molecule has 6 heteroatoms. The van der Waals surface area contributed by atoms with Crippen LogP contribution in [0.5, 0.6) is 5.75 Å². The summed E-state index contributed by atoms with van der Waals surface area (Å²) in [5, 5.41) is 6.38. The molecule has 0 aliphatic heterocycles. The maximum atomic E-state index is 13.0. The summed E-state index contributed by atoms with van der Waals surface area (Å²) in [5.41, 5.74) is 0. The Morgan fingerprint density at radius 3 is 2.78 bits per heavy atom. The number of rotatable bonds is 8. The van der Waals surface area contributed by atoms with Gasteiger partial charge in [0.15, 0.2) is 5.96 Å². The third kappa shape index (κ3) is 6.42. The largest absolute Gasteiger partial charge is 0.492 e. The topological polar surface area (TPSA) is 50.6 Å². The zero-order valence-corrected chi connectivity index (χ0v) is 13.3. The van der Waals surface area contributed by atoms with Gasteiger partial charge in [-0.25, -0.2) is 4.39 Å². The number of nitrogens with one attached hydrogen (secondary N) is 2. The molecule has 0 fully saturated rings. The molecular formula is C17H23FN4O. The lowest BCUT2D eigenvalue weighted by Gasteiger charge is -2.12. The van der Waals surface area contributed by atoms with E-state index < -0.39 is 0 Å². The van der Waals surface area contributed by atoms with Gasteiger partial charge in [-0.2, -0.15) is 0 Å². The molecule has 2 N–H and O–H groups in total. The van der Waals surface area contributed by atoms with Crippen LogP contribution >= 0.6 is 0 Å². The van der Waals surface area contributed by atoms with Crippen molar-refractivity contribution in [3.8, 4) is 5.75 Å². The lowest BCUT2D eigenvalue weighted by Crippen LogP contribution is -2.39. The Morgan fingerprint density at radius 1 is 1.22 bits per heavy atom. The van der Waals surface area contributed by atoms with E-state index in [0.29, 0.717) is 25.4 Å². The molecule has 0 aliphatic carbocycles. The molecule has 0 spiro atoms. The Balaban J connectivity index is 1.71. The molecule has 0 amide bonds. The number of hydrogen-bond acceptors (Lipinski definition) is 2. The number of guanidine groups is 1. The molecule has 124 valence electrons. The molecule has 1 heterocycles. The lowest BCUT2D eigenvalue weighted by atomic mass is 10.3. The average molecular weight is 318 g/mol. The van der Waals surface area contributed by atoms with E-state index in [-0.39, 0.29) is 5.82 Å². The summed E-state index contributed by atoms with van der Waals surface area (Å²) in [6, 6.07) is 10.1. The molecule has 1 aromatic carbocycles. The standard InChI is InChI=1S/C17H23FN4O/c1-2-19-17(20-8-12-22-10-3-4-11-22)21-9-13-23-16-7-5-6-15(18)14-16/h3-7,10-11,14H,2,8-9,12-13H2,1H3,(H2,19,20,21). The first-order valence-corrected chi connectivity index (χ1v) is 7.79. The number of aromatic nitrogens is 1. The highest BCUT2D eigenvalue weighted by Crippen LogP contribution is 2.11. The van der Waals surface area contributed by atoms with E-state index in [1.165, 1.54) is 12.1 Å². The first kappa shape index (κ1) is 16.9. The summed E-state index contributed by atoms with van der Waals surface area (Å²) in [6.45, 7) is 5.36. The van der Waals surface area contributed by atoms with Crippen LogP contribution in [0.3, 0.4) is 0 Å². The van der Waals surface area contributed by atoms with E-state index in [0.717, 1.165) is 19.0 Å². The van der Waals surface area contributed by atoms with Crippen molar-refractivity contribution in [2.75, 3.05) is 26.2 Å². The Hall–Kier alpha value is -2.50. The molecule has 0 radical (unpaired) electrons. The molecule has 2 aromatic rings. The summed E-state index contributed by atoms with van der Waals surface area (Å²) in [7, 11) is 0. The molecule has 0 unspecified atom stereocenters. The van der Waals surface area contributed by atoms with Gasteiger partial charge in [-0.15, -0.1) is 0 Å². The van der Waals surface area contributed by atoms with Crippen molar-refractivity contribution in [1.29, 1.82) is 0 Å². The molecular weight excluding hydrogens is 295 g/mol. The van der Waals surface area contributed by atoms with Gasteiger partial charge in [-0.05, 0) is 31.2 Å². The van der Waals surface area contributed by atoms with Crippen LogP contribution in [0.4, 0.5) is 4.39 Å². The molecule has 0 saturated heterocycles. The Bertz CT molecular complexity index is 598. The fraction of sp³-hybridized carbons (Fsp3) is 0.353. The molecule has 0 atom stereocenters. The Morgan fingerprint density at radius 2 is 2.04 bits per heavy atom. The van der Waals surface area contributed by atoms with Crippen LogP contribution in [-0.2, 0) is 6.54 Å². The molecule has 0 saturated carbocycles.